The van der Waals surface area contributed by atoms with E-state index in [2.05, 4.69) is 5.32 Å². The van der Waals surface area contributed by atoms with Crippen molar-refractivity contribution in [1.82, 2.24) is 10.2 Å². The van der Waals surface area contributed by atoms with Crippen LogP contribution in [-0.2, 0) is 4.79 Å². The predicted molar refractivity (Wildman–Crippen MR) is 74.1 cm³/mol. The molecule has 0 unspecified atom stereocenters. The van der Waals surface area contributed by atoms with Crippen molar-refractivity contribution in [3.8, 4) is 0 Å². The van der Waals surface area contributed by atoms with Gasteiger partial charge in [0.25, 0.3) is 5.91 Å². The molecule has 5 heteroatoms. The first-order valence-electron chi connectivity index (χ1n) is 6.77. The van der Waals surface area contributed by atoms with Crippen molar-refractivity contribution >= 4 is 23.2 Å². The van der Waals surface area contributed by atoms with Gasteiger partial charge in [0.2, 0.25) is 5.91 Å². The number of thiophene rings is 1. The van der Waals surface area contributed by atoms with Crippen LogP contribution in [0.5, 0.6) is 0 Å². The molecule has 0 atom stereocenters. The average Bonchev–Trinajstić information content (AvgIpc) is 2.97. The highest BCUT2D eigenvalue weighted by atomic mass is 32.1. The summed E-state index contributed by atoms with van der Waals surface area (Å²) in [5, 5.41) is 6.82. The number of carbonyl (C=O) groups is 2. The van der Waals surface area contributed by atoms with Gasteiger partial charge in [-0.3, -0.25) is 9.59 Å². The van der Waals surface area contributed by atoms with Crippen molar-refractivity contribution in [2.45, 2.75) is 25.7 Å². The minimum atomic E-state index is 0.149. The van der Waals surface area contributed by atoms with E-state index in [0.717, 1.165) is 44.5 Å². The van der Waals surface area contributed by atoms with Crippen LogP contribution >= 0.6 is 11.3 Å². The zero-order chi connectivity index (χ0) is 13.3. The van der Waals surface area contributed by atoms with Crippen molar-refractivity contribution in [3.63, 3.8) is 0 Å². The molecule has 1 aromatic heterocycles. The smallest absolute Gasteiger partial charge is 0.254 e. The Labute approximate surface area is 116 Å². The average molecular weight is 278 g/mol. The summed E-state index contributed by atoms with van der Waals surface area (Å²) in [6, 6.07) is 1.89. The zero-order valence-corrected chi connectivity index (χ0v) is 11.7. The van der Waals surface area contributed by atoms with Crippen LogP contribution in [-0.4, -0.2) is 36.3 Å². The Morgan fingerprint density at radius 1 is 1.32 bits per heavy atom. The fourth-order valence-corrected chi connectivity index (χ4v) is 3.65. The van der Waals surface area contributed by atoms with E-state index in [1.54, 1.807) is 11.3 Å². The van der Waals surface area contributed by atoms with E-state index in [1.165, 1.54) is 0 Å². The number of amides is 2. The van der Waals surface area contributed by atoms with Gasteiger partial charge in [0, 0.05) is 31.4 Å². The molecule has 19 heavy (non-hydrogen) atoms. The van der Waals surface area contributed by atoms with Crippen molar-refractivity contribution in [2.75, 3.05) is 19.6 Å². The lowest BCUT2D eigenvalue weighted by molar-refractivity contribution is -0.125. The fraction of sp³-hybridized carbons (Fsp3) is 0.571. The van der Waals surface area contributed by atoms with Gasteiger partial charge in [0.1, 0.15) is 0 Å². The lowest BCUT2D eigenvalue weighted by Crippen LogP contribution is -2.50. The Morgan fingerprint density at radius 3 is 2.68 bits per heavy atom. The molecule has 3 rings (SSSR count). The Balaban J connectivity index is 1.60. The van der Waals surface area contributed by atoms with E-state index in [-0.39, 0.29) is 17.2 Å². The van der Waals surface area contributed by atoms with Crippen LogP contribution in [0.4, 0.5) is 0 Å². The van der Waals surface area contributed by atoms with Gasteiger partial charge in [0.15, 0.2) is 0 Å². The van der Waals surface area contributed by atoms with E-state index >= 15 is 0 Å². The van der Waals surface area contributed by atoms with Gasteiger partial charge >= 0.3 is 0 Å². The summed E-state index contributed by atoms with van der Waals surface area (Å²) in [7, 11) is 0. The summed E-state index contributed by atoms with van der Waals surface area (Å²) >= 11 is 1.56. The quantitative estimate of drug-likeness (QED) is 0.852. The lowest BCUT2D eigenvalue weighted by atomic mass is 9.73. The molecular formula is C14H18N2O2S. The molecule has 2 amide bonds. The topological polar surface area (TPSA) is 49.4 Å². The molecule has 2 aliphatic heterocycles. The van der Waals surface area contributed by atoms with E-state index in [9.17, 15) is 9.59 Å². The highest BCUT2D eigenvalue weighted by Crippen LogP contribution is 2.37. The molecule has 0 aliphatic carbocycles. The van der Waals surface area contributed by atoms with Gasteiger partial charge in [-0.15, -0.1) is 0 Å². The van der Waals surface area contributed by atoms with Crippen LogP contribution in [0.1, 0.15) is 36.0 Å². The van der Waals surface area contributed by atoms with E-state index in [0.29, 0.717) is 6.42 Å². The minimum Gasteiger partial charge on any atom is -0.356 e. The van der Waals surface area contributed by atoms with E-state index in [1.807, 2.05) is 21.7 Å². The van der Waals surface area contributed by atoms with Crippen molar-refractivity contribution in [1.29, 1.82) is 0 Å². The third-order valence-electron chi connectivity index (χ3n) is 4.42. The van der Waals surface area contributed by atoms with Crippen molar-refractivity contribution in [3.05, 3.63) is 22.4 Å². The van der Waals surface area contributed by atoms with Crippen LogP contribution in [0, 0.1) is 5.41 Å². The van der Waals surface area contributed by atoms with Crippen LogP contribution in [0.3, 0.4) is 0 Å². The number of hydrogen-bond acceptors (Lipinski definition) is 3. The number of nitrogens with one attached hydrogen (secondary N) is 1. The van der Waals surface area contributed by atoms with Gasteiger partial charge in [0.05, 0.1) is 5.56 Å². The third kappa shape index (κ3) is 2.52. The molecule has 1 N–H and O–H groups in total. The summed E-state index contributed by atoms with van der Waals surface area (Å²) in [5.74, 6) is 0.318. The predicted octanol–water partition coefficient (Wildman–Crippen LogP) is 1.88. The molecule has 2 aliphatic rings. The maximum absolute atomic E-state index is 12.2. The maximum Gasteiger partial charge on any atom is 0.254 e. The Kier molecular flexibility index (Phi) is 3.31. The Hall–Kier alpha value is -1.36. The monoisotopic (exact) mass is 278 g/mol. The van der Waals surface area contributed by atoms with Crippen molar-refractivity contribution in [2.24, 2.45) is 5.41 Å². The normalized spacial score (nSPS) is 22.3. The molecule has 0 radical (unpaired) electrons. The first kappa shape index (κ1) is 12.7. The third-order valence-corrected chi connectivity index (χ3v) is 5.11. The molecule has 4 nitrogen and oxygen atoms in total. The van der Waals surface area contributed by atoms with Gasteiger partial charge < -0.3 is 10.2 Å². The van der Waals surface area contributed by atoms with Crippen molar-refractivity contribution < 1.29 is 9.59 Å². The molecule has 102 valence electrons. The summed E-state index contributed by atoms with van der Waals surface area (Å²) in [5.41, 5.74) is 1.04. The molecule has 2 saturated heterocycles. The second-order valence-corrected chi connectivity index (χ2v) is 6.36. The molecular weight excluding hydrogens is 260 g/mol. The SMILES string of the molecule is O=C1CCC2(CCN(C(=O)c3ccsc3)CC2)CN1. The maximum atomic E-state index is 12.2. The number of hydrogen-bond donors (Lipinski definition) is 1. The fourth-order valence-electron chi connectivity index (χ4n) is 3.02. The number of rotatable bonds is 1. The number of likely N-dealkylation sites (tertiary alicyclic amines) is 1. The van der Waals surface area contributed by atoms with Crippen LogP contribution in [0.15, 0.2) is 16.8 Å². The minimum absolute atomic E-state index is 0.149. The van der Waals surface area contributed by atoms with Gasteiger partial charge in [-0.2, -0.15) is 11.3 Å². The second-order valence-electron chi connectivity index (χ2n) is 5.58. The molecule has 1 spiro atoms. The summed E-state index contributed by atoms with van der Waals surface area (Å²) < 4.78 is 0. The molecule has 0 bridgehead atoms. The number of nitrogens with zero attached hydrogens (tertiary/aromatic N) is 1. The van der Waals surface area contributed by atoms with Crippen LogP contribution < -0.4 is 5.32 Å². The van der Waals surface area contributed by atoms with Gasteiger partial charge in [-0.05, 0) is 36.1 Å². The van der Waals surface area contributed by atoms with Gasteiger partial charge in [-0.25, -0.2) is 0 Å². The standard InChI is InChI=1S/C14H18N2O2S/c17-12-1-3-14(10-15-12)4-6-16(7-5-14)13(18)11-2-8-19-9-11/h2,8-9H,1,3-7,10H2,(H,15,17). The first-order chi connectivity index (χ1) is 9.19. The summed E-state index contributed by atoms with van der Waals surface area (Å²) in [4.78, 5) is 25.4. The van der Waals surface area contributed by atoms with Crippen LogP contribution in [0.25, 0.3) is 0 Å². The Morgan fingerprint density at radius 2 is 2.11 bits per heavy atom. The Bertz CT molecular complexity index is 464. The molecule has 3 heterocycles. The van der Waals surface area contributed by atoms with E-state index < -0.39 is 0 Å². The second kappa shape index (κ2) is 4.96. The molecule has 0 saturated carbocycles. The lowest BCUT2D eigenvalue weighted by Gasteiger charge is -2.44. The number of piperidine rings is 2. The largest absolute Gasteiger partial charge is 0.356 e. The highest BCUT2D eigenvalue weighted by molar-refractivity contribution is 7.08. The highest BCUT2D eigenvalue weighted by Gasteiger charge is 2.38. The molecule has 2 fully saturated rings. The zero-order valence-electron chi connectivity index (χ0n) is 10.9. The summed E-state index contributed by atoms with van der Waals surface area (Å²) in [6.45, 7) is 2.40. The first-order valence-corrected chi connectivity index (χ1v) is 7.71. The molecule has 1 aromatic rings. The molecule has 0 aromatic carbocycles. The summed E-state index contributed by atoms with van der Waals surface area (Å²) in [6.07, 6.45) is 3.62. The van der Waals surface area contributed by atoms with Gasteiger partial charge in [-0.1, -0.05) is 0 Å². The van der Waals surface area contributed by atoms with Crippen LogP contribution in [0.2, 0.25) is 0 Å². The van der Waals surface area contributed by atoms with E-state index in [4.69, 9.17) is 0 Å². The number of carbonyl (C=O) groups excluding carboxylic acids is 2.